The molecule has 21 heavy (non-hydrogen) atoms. The van der Waals surface area contributed by atoms with Crippen molar-refractivity contribution in [2.24, 2.45) is 5.73 Å². The second kappa shape index (κ2) is 5.76. The number of nitrogens with two attached hydrogens (primary N) is 1. The summed E-state index contributed by atoms with van der Waals surface area (Å²) in [6.07, 6.45) is 0.548. The topological polar surface area (TPSA) is 44.5 Å². The first-order valence-corrected chi connectivity index (χ1v) is 7.39. The lowest BCUT2D eigenvalue weighted by molar-refractivity contribution is 0.161. The van der Waals surface area contributed by atoms with E-state index in [0.29, 0.717) is 16.5 Å². The van der Waals surface area contributed by atoms with E-state index in [1.165, 1.54) is 0 Å². The first-order valence-electron chi connectivity index (χ1n) is 6.63. The number of ether oxygens (including phenoxy) is 2. The fourth-order valence-corrected chi connectivity index (χ4v) is 2.83. The average molecular weight is 324 g/mol. The van der Waals surface area contributed by atoms with E-state index in [1.54, 1.807) is 13.2 Å². The third-order valence-electron chi connectivity index (χ3n) is 3.67. The Kier molecular flexibility index (Phi) is 3.98. The van der Waals surface area contributed by atoms with Crippen molar-refractivity contribution in [3.63, 3.8) is 0 Å². The van der Waals surface area contributed by atoms with Gasteiger partial charge in [-0.1, -0.05) is 35.3 Å². The van der Waals surface area contributed by atoms with Crippen molar-refractivity contribution in [2.45, 2.75) is 18.6 Å². The molecule has 1 aliphatic heterocycles. The molecule has 110 valence electrons. The normalized spacial score (nSPS) is 20.6. The van der Waals surface area contributed by atoms with Gasteiger partial charge in [-0.25, -0.2) is 0 Å². The zero-order chi connectivity index (χ0) is 15.0. The van der Waals surface area contributed by atoms with Gasteiger partial charge in [0, 0.05) is 24.1 Å². The fourth-order valence-electron chi connectivity index (χ4n) is 2.53. The van der Waals surface area contributed by atoms with Crippen molar-refractivity contribution in [2.75, 3.05) is 7.11 Å². The van der Waals surface area contributed by atoms with Crippen molar-refractivity contribution >= 4 is 23.2 Å². The molecular formula is C16H15Cl2NO2. The number of benzene rings is 2. The molecule has 0 spiro atoms. The Balaban J connectivity index is 1.94. The molecule has 2 unspecified atom stereocenters. The van der Waals surface area contributed by atoms with Gasteiger partial charge in [-0.05, 0) is 23.8 Å². The van der Waals surface area contributed by atoms with E-state index in [2.05, 4.69) is 0 Å². The molecular weight excluding hydrogens is 309 g/mol. The van der Waals surface area contributed by atoms with E-state index in [9.17, 15) is 0 Å². The predicted octanol–water partition coefficient (Wildman–Crippen LogP) is 4.53. The van der Waals surface area contributed by atoms with Crippen molar-refractivity contribution in [3.05, 3.63) is 57.6 Å². The molecule has 0 aromatic heterocycles. The van der Waals surface area contributed by atoms with Gasteiger partial charge in [0.05, 0.1) is 17.2 Å². The maximum absolute atomic E-state index is 6.25. The van der Waals surface area contributed by atoms with Gasteiger partial charge in [0.15, 0.2) is 0 Å². The van der Waals surface area contributed by atoms with Crippen LogP contribution in [0.1, 0.15) is 29.7 Å². The third kappa shape index (κ3) is 2.82. The van der Waals surface area contributed by atoms with Gasteiger partial charge < -0.3 is 15.2 Å². The van der Waals surface area contributed by atoms with E-state index in [0.717, 1.165) is 22.6 Å². The second-order valence-corrected chi connectivity index (χ2v) is 5.84. The number of rotatable bonds is 2. The minimum Gasteiger partial charge on any atom is -0.497 e. The number of halogens is 2. The third-order valence-corrected chi connectivity index (χ3v) is 4.41. The molecule has 2 aromatic carbocycles. The average Bonchev–Trinajstić information content (AvgIpc) is 2.49. The van der Waals surface area contributed by atoms with Gasteiger partial charge in [0.25, 0.3) is 0 Å². The van der Waals surface area contributed by atoms with Gasteiger partial charge in [0.2, 0.25) is 0 Å². The van der Waals surface area contributed by atoms with Gasteiger partial charge in [-0.2, -0.15) is 0 Å². The first kappa shape index (κ1) is 14.5. The van der Waals surface area contributed by atoms with Crippen molar-refractivity contribution in [1.82, 2.24) is 0 Å². The quantitative estimate of drug-likeness (QED) is 0.883. The Morgan fingerprint density at radius 1 is 1.14 bits per heavy atom. The molecule has 0 fully saturated rings. The summed E-state index contributed by atoms with van der Waals surface area (Å²) in [5.41, 5.74) is 8.21. The lowest BCUT2D eigenvalue weighted by Crippen LogP contribution is -2.24. The van der Waals surface area contributed by atoms with Crippen LogP contribution < -0.4 is 15.2 Å². The molecule has 3 rings (SSSR count). The minimum atomic E-state index is -0.144. The standard InChI is InChI=1S/C16H15Cl2NO2/c1-20-10-3-4-11-14(19)8-15(21-16(11)7-10)9-2-5-12(17)13(18)6-9/h2-7,14-15H,8,19H2,1H3. The summed E-state index contributed by atoms with van der Waals surface area (Å²) in [6, 6.07) is 11.1. The van der Waals surface area contributed by atoms with Gasteiger partial charge in [-0.15, -0.1) is 0 Å². The van der Waals surface area contributed by atoms with Crippen LogP contribution in [0.4, 0.5) is 0 Å². The maximum Gasteiger partial charge on any atom is 0.128 e. The van der Waals surface area contributed by atoms with Crippen LogP contribution in [0.5, 0.6) is 11.5 Å². The lowest BCUT2D eigenvalue weighted by atomic mass is 9.93. The van der Waals surface area contributed by atoms with E-state index in [4.69, 9.17) is 38.4 Å². The summed E-state index contributed by atoms with van der Waals surface area (Å²) in [5, 5.41) is 1.05. The Morgan fingerprint density at radius 2 is 1.95 bits per heavy atom. The monoisotopic (exact) mass is 323 g/mol. The summed E-state index contributed by atoms with van der Waals surface area (Å²) >= 11 is 12.0. The molecule has 5 heteroatoms. The van der Waals surface area contributed by atoms with E-state index >= 15 is 0 Å². The van der Waals surface area contributed by atoms with Crippen molar-refractivity contribution in [1.29, 1.82) is 0 Å². The van der Waals surface area contributed by atoms with Crippen LogP contribution in [-0.4, -0.2) is 7.11 Å². The van der Waals surface area contributed by atoms with Crippen LogP contribution >= 0.6 is 23.2 Å². The van der Waals surface area contributed by atoms with E-state index in [1.807, 2.05) is 30.3 Å². The van der Waals surface area contributed by atoms with Crippen LogP contribution in [0.15, 0.2) is 36.4 Å². The highest BCUT2D eigenvalue weighted by Crippen LogP contribution is 2.42. The van der Waals surface area contributed by atoms with Gasteiger partial charge in [-0.3, -0.25) is 0 Å². The lowest BCUT2D eigenvalue weighted by Gasteiger charge is -2.31. The molecule has 2 N–H and O–H groups in total. The fraction of sp³-hybridized carbons (Fsp3) is 0.250. The minimum absolute atomic E-state index is 0.0842. The molecule has 2 atom stereocenters. The highest BCUT2D eigenvalue weighted by molar-refractivity contribution is 6.42. The van der Waals surface area contributed by atoms with Crippen LogP contribution in [0.3, 0.4) is 0 Å². The van der Waals surface area contributed by atoms with Gasteiger partial charge >= 0.3 is 0 Å². The maximum atomic E-state index is 6.25. The van der Waals surface area contributed by atoms with Gasteiger partial charge in [0.1, 0.15) is 17.6 Å². The van der Waals surface area contributed by atoms with Crippen LogP contribution in [0.25, 0.3) is 0 Å². The summed E-state index contributed by atoms with van der Waals surface area (Å²) in [5.74, 6) is 1.50. The number of hydrogen-bond acceptors (Lipinski definition) is 3. The zero-order valence-electron chi connectivity index (χ0n) is 11.5. The molecule has 1 heterocycles. The Labute approximate surface area is 133 Å². The van der Waals surface area contributed by atoms with E-state index < -0.39 is 0 Å². The largest absolute Gasteiger partial charge is 0.497 e. The van der Waals surface area contributed by atoms with Crippen LogP contribution in [0, 0.1) is 0 Å². The van der Waals surface area contributed by atoms with Crippen LogP contribution in [0.2, 0.25) is 10.0 Å². The van der Waals surface area contributed by atoms with Crippen molar-refractivity contribution in [3.8, 4) is 11.5 Å². The molecule has 0 aliphatic carbocycles. The Hall–Kier alpha value is -1.42. The summed E-state index contributed by atoms with van der Waals surface area (Å²) in [7, 11) is 1.63. The van der Waals surface area contributed by atoms with Crippen LogP contribution in [-0.2, 0) is 0 Å². The molecule has 0 amide bonds. The molecule has 0 saturated heterocycles. The Bertz CT molecular complexity index is 675. The molecule has 2 aromatic rings. The van der Waals surface area contributed by atoms with E-state index in [-0.39, 0.29) is 12.1 Å². The van der Waals surface area contributed by atoms with Crippen molar-refractivity contribution < 1.29 is 9.47 Å². The number of hydrogen-bond donors (Lipinski definition) is 1. The summed E-state index contributed by atoms with van der Waals surface area (Å²) in [4.78, 5) is 0. The first-order chi connectivity index (χ1) is 10.1. The summed E-state index contributed by atoms with van der Waals surface area (Å²) < 4.78 is 11.3. The zero-order valence-corrected chi connectivity index (χ0v) is 13.0. The molecule has 3 nitrogen and oxygen atoms in total. The SMILES string of the molecule is COc1ccc2c(c1)OC(c1ccc(Cl)c(Cl)c1)CC2N. The smallest absolute Gasteiger partial charge is 0.128 e. The molecule has 0 bridgehead atoms. The predicted molar refractivity (Wildman–Crippen MR) is 84.4 cm³/mol. The Morgan fingerprint density at radius 3 is 2.67 bits per heavy atom. The number of methoxy groups -OCH3 is 1. The molecule has 1 aliphatic rings. The molecule has 0 saturated carbocycles. The highest BCUT2D eigenvalue weighted by Gasteiger charge is 2.27. The number of fused-ring (bicyclic) bond motifs is 1. The highest BCUT2D eigenvalue weighted by atomic mass is 35.5. The summed E-state index contributed by atoms with van der Waals surface area (Å²) in [6.45, 7) is 0. The molecule has 0 radical (unpaired) electrons. The second-order valence-electron chi connectivity index (χ2n) is 5.03.